The van der Waals surface area contributed by atoms with Crippen molar-refractivity contribution in [2.45, 2.75) is 33.2 Å². The summed E-state index contributed by atoms with van der Waals surface area (Å²) in [6.45, 7) is 8.02. The third kappa shape index (κ3) is 3.96. The molecule has 12 heavy (non-hydrogen) atoms. The van der Waals surface area contributed by atoms with Gasteiger partial charge in [-0.25, -0.2) is 0 Å². The van der Waals surface area contributed by atoms with Crippen LogP contribution in [0.2, 0.25) is 0 Å². The molecule has 0 unspecified atom stereocenters. The Labute approximate surface area is 85.0 Å². The Morgan fingerprint density at radius 2 is 1.92 bits per heavy atom. The van der Waals surface area contributed by atoms with E-state index in [-0.39, 0.29) is 5.54 Å². The van der Waals surface area contributed by atoms with E-state index in [9.17, 15) is 4.79 Å². The molecular formula is C9H15NOW. The fraction of sp³-hybridized carbons (Fsp3) is 0.556. The molecule has 0 aliphatic heterocycles. The van der Waals surface area contributed by atoms with Crippen molar-refractivity contribution in [1.82, 2.24) is 4.90 Å². The molecule has 1 amide bonds. The molecule has 0 aromatic rings. The molecule has 0 bridgehead atoms. The van der Waals surface area contributed by atoms with E-state index < -0.39 is 0 Å². The molecule has 0 rings (SSSR count). The van der Waals surface area contributed by atoms with Gasteiger partial charge >= 0.3 is 84.9 Å². The van der Waals surface area contributed by atoms with E-state index in [4.69, 9.17) is 0 Å². The van der Waals surface area contributed by atoms with Crippen LogP contribution in [0.15, 0.2) is 11.8 Å². The van der Waals surface area contributed by atoms with Crippen molar-refractivity contribution < 1.29 is 24.1 Å². The molecule has 0 aliphatic carbocycles. The molecular weight excluding hydrogens is 322 g/mol. The monoisotopic (exact) mass is 337 g/mol. The van der Waals surface area contributed by atoms with Crippen LogP contribution < -0.4 is 0 Å². The molecule has 0 heterocycles. The summed E-state index contributed by atoms with van der Waals surface area (Å²) in [7, 11) is 0. The second kappa shape index (κ2) is 4.71. The Hall–Kier alpha value is -0.232. The summed E-state index contributed by atoms with van der Waals surface area (Å²) in [5.41, 5.74) is 1.01. The first-order valence-corrected chi connectivity index (χ1v) is 5.48. The Balaban J connectivity index is 4.59. The SMILES string of the molecule is C/C([CH]=[W])=C/N(C=O)C(C)(C)C. The van der Waals surface area contributed by atoms with Crippen LogP contribution in [-0.2, 0) is 24.1 Å². The van der Waals surface area contributed by atoms with Gasteiger partial charge in [0.2, 0.25) is 0 Å². The van der Waals surface area contributed by atoms with Crippen LogP contribution in [0.4, 0.5) is 0 Å². The number of hydrogen-bond acceptors (Lipinski definition) is 1. The third-order valence-electron chi connectivity index (χ3n) is 1.42. The standard InChI is InChI=1S/C9H15NO.W/c1-8(2)6-10(7-11)9(3,4)5;/h1,6-7H,2-5H3;/b8-6+;. The van der Waals surface area contributed by atoms with Gasteiger partial charge in [-0.15, -0.1) is 0 Å². The maximum absolute atomic E-state index is 10.7. The third-order valence-corrected chi connectivity index (χ3v) is 2.75. The molecule has 0 spiro atoms. The summed E-state index contributed by atoms with van der Waals surface area (Å²) < 4.78 is 2.06. The van der Waals surface area contributed by atoms with Crippen LogP contribution in [-0.4, -0.2) is 21.2 Å². The van der Waals surface area contributed by atoms with E-state index in [1.54, 1.807) is 4.90 Å². The Morgan fingerprint density at radius 3 is 2.17 bits per heavy atom. The normalized spacial score (nSPS) is 12.5. The van der Waals surface area contributed by atoms with Crippen LogP contribution in [0.1, 0.15) is 27.7 Å². The second-order valence-electron chi connectivity index (χ2n) is 3.67. The molecule has 0 aromatic carbocycles. The fourth-order valence-electron chi connectivity index (χ4n) is 0.632. The predicted octanol–water partition coefficient (Wildman–Crippen LogP) is 1.50. The Morgan fingerprint density at radius 1 is 1.42 bits per heavy atom. The number of allylic oxidation sites excluding steroid dienone is 1. The van der Waals surface area contributed by atoms with Gasteiger partial charge < -0.3 is 0 Å². The quantitative estimate of drug-likeness (QED) is 0.715. The van der Waals surface area contributed by atoms with Crippen molar-refractivity contribution in [3.8, 4) is 0 Å². The zero-order valence-corrected chi connectivity index (χ0v) is 10.9. The van der Waals surface area contributed by atoms with Crippen molar-refractivity contribution >= 4 is 10.8 Å². The number of carbonyl (C=O) groups excluding carboxylic acids is 1. The molecule has 68 valence electrons. The van der Waals surface area contributed by atoms with Crippen molar-refractivity contribution in [2.24, 2.45) is 0 Å². The van der Waals surface area contributed by atoms with Crippen molar-refractivity contribution in [3.05, 3.63) is 11.8 Å². The molecule has 0 saturated heterocycles. The van der Waals surface area contributed by atoms with E-state index in [1.165, 1.54) is 19.4 Å². The van der Waals surface area contributed by atoms with Crippen LogP contribution in [0.3, 0.4) is 0 Å². The second-order valence-corrected chi connectivity index (χ2v) is 4.52. The van der Waals surface area contributed by atoms with Gasteiger partial charge in [-0.3, -0.25) is 0 Å². The molecule has 0 saturated carbocycles. The average molecular weight is 337 g/mol. The van der Waals surface area contributed by atoms with E-state index in [1.807, 2.05) is 33.9 Å². The summed E-state index contributed by atoms with van der Waals surface area (Å²) in [6.07, 6.45) is 2.74. The Bertz CT molecular complexity index is 203. The van der Waals surface area contributed by atoms with Gasteiger partial charge in [0.25, 0.3) is 0 Å². The maximum atomic E-state index is 10.7. The van der Waals surface area contributed by atoms with Gasteiger partial charge in [-0.2, -0.15) is 0 Å². The van der Waals surface area contributed by atoms with Crippen LogP contribution in [0.5, 0.6) is 0 Å². The van der Waals surface area contributed by atoms with Gasteiger partial charge in [-0.05, 0) is 0 Å². The first-order valence-electron chi connectivity index (χ1n) is 3.79. The topological polar surface area (TPSA) is 20.3 Å². The zero-order valence-electron chi connectivity index (χ0n) is 8.00. The zero-order chi connectivity index (χ0) is 9.78. The van der Waals surface area contributed by atoms with Crippen molar-refractivity contribution in [3.63, 3.8) is 0 Å². The number of nitrogens with zero attached hydrogens (tertiary/aromatic N) is 1. The van der Waals surface area contributed by atoms with Gasteiger partial charge in [0, 0.05) is 0 Å². The number of amides is 1. The minimum atomic E-state index is -0.124. The van der Waals surface area contributed by atoms with E-state index in [0.29, 0.717) is 0 Å². The summed E-state index contributed by atoms with van der Waals surface area (Å²) >= 11 is 1.40. The number of rotatable bonds is 3. The first-order chi connectivity index (χ1) is 5.41. The van der Waals surface area contributed by atoms with E-state index >= 15 is 0 Å². The van der Waals surface area contributed by atoms with Crippen LogP contribution in [0, 0.1) is 0 Å². The number of carbonyl (C=O) groups is 1. The number of hydrogen-bond donors (Lipinski definition) is 0. The van der Waals surface area contributed by atoms with Gasteiger partial charge in [0.15, 0.2) is 0 Å². The molecule has 0 aliphatic rings. The molecule has 0 atom stereocenters. The van der Waals surface area contributed by atoms with Gasteiger partial charge in [-0.1, -0.05) is 0 Å². The summed E-state index contributed by atoms with van der Waals surface area (Å²) in [4.78, 5) is 12.4. The van der Waals surface area contributed by atoms with Gasteiger partial charge in [0.05, 0.1) is 0 Å². The van der Waals surface area contributed by atoms with E-state index in [2.05, 4.69) is 4.40 Å². The predicted molar refractivity (Wildman–Crippen MR) is 47.5 cm³/mol. The van der Waals surface area contributed by atoms with Gasteiger partial charge in [0.1, 0.15) is 0 Å². The molecule has 0 aromatic heterocycles. The fourth-order valence-corrected chi connectivity index (χ4v) is 0.851. The Kier molecular flexibility index (Phi) is 4.62. The van der Waals surface area contributed by atoms with Crippen LogP contribution >= 0.6 is 0 Å². The molecule has 3 heteroatoms. The van der Waals surface area contributed by atoms with Crippen molar-refractivity contribution in [2.75, 3.05) is 0 Å². The first kappa shape index (κ1) is 11.8. The summed E-state index contributed by atoms with van der Waals surface area (Å²) in [6, 6.07) is 0. The summed E-state index contributed by atoms with van der Waals surface area (Å²) in [5.74, 6) is 0. The van der Waals surface area contributed by atoms with E-state index in [0.717, 1.165) is 12.0 Å². The molecule has 2 nitrogen and oxygen atoms in total. The average Bonchev–Trinajstić information content (AvgIpc) is 1.97. The molecule has 0 fully saturated rings. The molecule has 0 N–H and O–H groups in total. The molecule has 0 radical (unpaired) electrons. The summed E-state index contributed by atoms with van der Waals surface area (Å²) in [5, 5.41) is 0. The van der Waals surface area contributed by atoms with Crippen LogP contribution in [0.25, 0.3) is 0 Å². The minimum absolute atomic E-state index is 0.124. The van der Waals surface area contributed by atoms with Crippen molar-refractivity contribution in [1.29, 1.82) is 0 Å².